The molecule has 0 spiro atoms. The molecule has 0 aliphatic carbocycles. The van der Waals surface area contributed by atoms with E-state index in [1.807, 2.05) is 18.2 Å². The lowest BCUT2D eigenvalue weighted by Crippen LogP contribution is -2.05. The molecule has 0 aliphatic rings. The lowest BCUT2D eigenvalue weighted by atomic mass is 10.1. The van der Waals surface area contributed by atoms with Crippen molar-refractivity contribution in [2.75, 3.05) is 0 Å². The van der Waals surface area contributed by atoms with Crippen molar-refractivity contribution >= 4 is 19.4 Å². The number of allylic oxidation sites excluding steroid dienone is 1. The van der Waals surface area contributed by atoms with Gasteiger partial charge in [0, 0.05) is 0 Å². The van der Waals surface area contributed by atoms with E-state index in [0.717, 1.165) is 0 Å². The first-order chi connectivity index (χ1) is 9.65. The van der Waals surface area contributed by atoms with Crippen molar-refractivity contribution in [2.24, 2.45) is 0 Å². The van der Waals surface area contributed by atoms with Crippen LogP contribution in [-0.2, 0) is 4.65 Å². The van der Waals surface area contributed by atoms with Gasteiger partial charge in [-0.3, -0.25) is 0 Å². The molecule has 0 bridgehead atoms. The molecule has 1 aromatic carbocycles. The zero-order valence-electron chi connectivity index (χ0n) is 11.2. The quantitative estimate of drug-likeness (QED) is 0.480. The molecule has 0 N–H and O–H groups in total. The minimum absolute atomic E-state index is 0.132. The van der Waals surface area contributed by atoms with Crippen LogP contribution in [0.25, 0.3) is 11.3 Å². The molecule has 5 nitrogen and oxygen atoms in total. The van der Waals surface area contributed by atoms with Crippen LogP contribution < -0.4 is 0 Å². The second-order valence-corrected chi connectivity index (χ2v) is 4.05. The minimum atomic E-state index is 0.132. The lowest BCUT2D eigenvalue weighted by Gasteiger charge is -2.10. The Labute approximate surface area is 118 Å². The summed E-state index contributed by atoms with van der Waals surface area (Å²) in [5, 5.41) is 9.37. The highest BCUT2D eigenvalue weighted by Crippen LogP contribution is 2.24. The van der Waals surface area contributed by atoms with Crippen molar-refractivity contribution in [1.82, 2.24) is 15.0 Å². The number of benzene rings is 1. The Kier molecular flexibility index (Phi) is 4.11. The van der Waals surface area contributed by atoms with E-state index in [1.165, 1.54) is 0 Å². The molecule has 2 rings (SSSR count). The van der Waals surface area contributed by atoms with Crippen molar-refractivity contribution in [3.63, 3.8) is 0 Å². The Morgan fingerprint density at radius 2 is 1.70 bits per heavy atom. The molecule has 2 radical (unpaired) electrons. The molecular weight excluding hydrogens is 251 g/mol. The highest BCUT2D eigenvalue weighted by molar-refractivity contribution is 6.05. The van der Waals surface area contributed by atoms with E-state index in [1.54, 1.807) is 26.0 Å². The smallest absolute Gasteiger partial charge is 0.374 e. The Morgan fingerprint density at radius 1 is 1.10 bits per heavy atom. The molecule has 20 heavy (non-hydrogen) atoms. The summed E-state index contributed by atoms with van der Waals surface area (Å²) in [7, 11) is 5.31. The third-order valence-corrected chi connectivity index (χ3v) is 2.58. The maximum absolute atomic E-state index is 9.37. The fourth-order valence-corrected chi connectivity index (χ4v) is 1.79. The normalized spacial score (nSPS) is 11.4. The fraction of sp³-hybridized carbons (Fsp3) is 0.143. The first-order valence-electron chi connectivity index (χ1n) is 5.92. The number of nitriles is 1. The predicted molar refractivity (Wildman–Crippen MR) is 75.0 cm³/mol. The summed E-state index contributed by atoms with van der Waals surface area (Å²) in [4.78, 5) is 12.4. The second kappa shape index (κ2) is 5.98. The first kappa shape index (κ1) is 13.7. The zero-order valence-corrected chi connectivity index (χ0v) is 11.2. The predicted octanol–water partition coefficient (Wildman–Crippen LogP) is 1.98. The van der Waals surface area contributed by atoms with Gasteiger partial charge in [-0.2, -0.15) is 5.26 Å². The van der Waals surface area contributed by atoms with Gasteiger partial charge in [-0.25, -0.2) is 15.0 Å². The first-order valence-corrected chi connectivity index (χ1v) is 5.92. The molecule has 1 aromatic heterocycles. The average Bonchev–Trinajstić information content (AvgIpc) is 2.44. The van der Waals surface area contributed by atoms with E-state index in [2.05, 4.69) is 21.0 Å². The van der Waals surface area contributed by atoms with Gasteiger partial charge in [0.1, 0.15) is 23.3 Å². The van der Waals surface area contributed by atoms with Crippen LogP contribution in [0.4, 0.5) is 0 Å². The van der Waals surface area contributed by atoms with E-state index in [-0.39, 0.29) is 17.2 Å². The third-order valence-electron chi connectivity index (χ3n) is 2.58. The summed E-state index contributed by atoms with van der Waals surface area (Å²) in [5.41, 5.74) is 0.962. The maximum Gasteiger partial charge on any atom is 0.374 e. The molecule has 0 fully saturated rings. The Morgan fingerprint density at radius 3 is 2.20 bits per heavy atom. The molecule has 0 saturated carbocycles. The van der Waals surface area contributed by atoms with Gasteiger partial charge in [0.25, 0.3) is 0 Å². The number of rotatable bonds is 3. The van der Waals surface area contributed by atoms with Crippen molar-refractivity contribution in [1.29, 1.82) is 5.26 Å². The van der Waals surface area contributed by atoms with Crippen LogP contribution >= 0.6 is 0 Å². The average molecular weight is 262 g/mol. The fourth-order valence-electron chi connectivity index (χ4n) is 1.79. The molecule has 0 unspecified atom stereocenters. The van der Waals surface area contributed by atoms with Gasteiger partial charge < -0.3 is 4.65 Å². The maximum atomic E-state index is 9.37. The number of hydrogen-bond donors (Lipinski definition) is 0. The number of aryl methyl sites for hydroxylation is 2. The summed E-state index contributed by atoms with van der Waals surface area (Å²) in [6.45, 7) is 3.47. The summed E-state index contributed by atoms with van der Waals surface area (Å²) in [6, 6.07) is 11.2. The van der Waals surface area contributed by atoms with Gasteiger partial charge in [0.15, 0.2) is 11.6 Å². The molecular formula is C14H11BN4O. The van der Waals surface area contributed by atoms with Gasteiger partial charge in [0.05, 0.1) is 0 Å². The van der Waals surface area contributed by atoms with Crippen LogP contribution in [0.15, 0.2) is 30.3 Å². The van der Waals surface area contributed by atoms with E-state index in [4.69, 9.17) is 12.7 Å². The van der Waals surface area contributed by atoms with Crippen molar-refractivity contribution in [3.8, 4) is 6.07 Å². The highest BCUT2D eigenvalue weighted by atomic mass is 16.4. The van der Waals surface area contributed by atoms with Gasteiger partial charge in [-0.1, -0.05) is 30.3 Å². The standard InChI is InChI=1S/C14H11BN4O/c1-9-17-10(2)19-14(18-9)13(20-15)12(8-16)11-6-4-3-5-7-11/h3-7H,1-2H3/b13-12-. The molecule has 0 atom stereocenters. The van der Waals surface area contributed by atoms with Crippen LogP contribution in [0.1, 0.15) is 23.0 Å². The van der Waals surface area contributed by atoms with E-state index in [9.17, 15) is 5.26 Å². The number of hydrogen-bond acceptors (Lipinski definition) is 5. The van der Waals surface area contributed by atoms with Gasteiger partial charge in [-0.05, 0) is 19.4 Å². The molecule has 96 valence electrons. The summed E-state index contributed by atoms with van der Waals surface area (Å²) >= 11 is 0. The number of aromatic nitrogens is 3. The van der Waals surface area contributed by atoms with Crippen LogP contribution in [0, 0.1) is 25.2 Å². The molecule has 0 amide bonds. The third kappa shape index (κ3) is 2.83. The van der Waals surface area contributed by atoms with Crippen LogP contribution in [0.3, 0.4) is 0 Å². The van der Waals surface area contributed by atoms with Crippen molar-refractivity contribution in [2.45, 2.75) is 13.8 Å². The van der Waals surface area contributed by atoms with Gasteiger partial charge in [0.2, 0.25) is 0 Å². The van der Waals surface area contributed by atoms with E-state index < -0.39 is 0 Å². The second-order valence-electron chi connectivity index (χ2n) is 4.05. The Balaban J connectivity index is 2.65. The van der Waals surface area contributed by atoms with Crippen LogP contribution in [0.5, 0.6) is 0 Å². The van der Waals surface area contributed by atoms with Crippen molar-refractivity contribution in [3.05, 3.63) is 53.4 Å². The Bertz CT molecular complexity index is 672. The molecule has 0 aliphatic heterocycles. The Hall–Kier alpha value is -2.68. The van der Waals surface area contributed by atoms with Crippen LogP contribution in [0.2, 0.25) is 0 Å². The zero-order chi connectivity index (χ0) is 14.5. The molecule has 1 heterocycles. The molecule has 0 saturated heterocycles. The van der Waals surface area contributed by atoms with Gasteiger partial charge in [-0.15, -0.1) is 0 Å². The SMILES string of the molecule is [B]O/C(=C(/C#N)c1ccccc1)c1nc(C)nc(C)n1. The topological polar surface area (TPSA) is 71.7 Å². The van der Waals surface area contributed by atoms with E-state index >= 15 is 0 Å². The summed E-state index contributed by atoms with van der Waals surface area (Å²) < 4.78 is 4.86. The van der Waals surface area contributed by atoms with Crippen molar-refractivity contribution < 1.29 is 4.65 Å². The minimum Gasteiger partial charge on any atom is -0.564 e. The largest absolute Gasteiger partial charge is 0.564 e. The van der Waals surface area contributed by atoms with Crippen LogP contribution in [-0.4, -0.2) is 23.0 Å². The van der Waals surface area contributed by atoms with E-state index in [0.29, 0.717) is 17.2 Å². The molecule has 6 heteroatoms. The summed E-state index contributed by atoms with van der Waals surface area (Å²) in [5.74, 6) is 1.45. The highest BCUT2D eigenvalue weighted by Gasteiger charge is 2.15. The van der Waals surface area contributed by atoms with Gasteiger partial charge >= 0.3 is 8.05 Å². The monoisotopic (exact) mass is 262 g/mol. The summed E-state index contributed by atoms with van der Waals surface area (Å²) in [6.07, 6.45) is 0. The number of nitrogens with zero attached hydrogens (tertiary/aromatic N) is 4. The lowest BCUT2D eigenvalue weighted by molar-refractivity contribution is 0.563. The molecule has 2 aromatic rings.